The van der Waals surface area contributed by atoms with Crippen molar-refractivity contribution in [1.82, 2.24) is 14.8 Å². The quantitative estimate of drug-likeness (QED) is 0.669. The molecule has 0 amide bonds. The Kier molecular flexibility index (Phi) is 4.62. The van der Waals surface area contributed by atoms with E-state index in [4.69, 9.17) is 10.5 Å². The van der Waals surface area contributed by atoms with Crippen molar-refractivity contribution in [3.8, 4) is 0 Å². The predicted molar refractivity (Wildman–Crippen MR) is 77.4 cm³/mol. The van der Waals surface area contributed by atoms with Gasteiger partial charge in [0, 0.05) is 19.0 Å². The van der Waals surface area contributed by atoms with Crippen LogP contribution in [0.4, 0.5) is 5.69 Å². The SMILES string of the molecule is CCOC(=O)c1cnn(C)c1CSc1ncccc1N. The van der Waals surface area contributed by atoms with Crippen LogP contribution in [0.5, 0.6) is 0 Å². The number of nitrogen functional groups attached to an aromatic ring is 1. The van der Waals surface area contributed by atoms with E-state index < -0.39 is 0 Å². The number of pyridine rings is 1. The second-order valence-corrected chi connectivity index (χ2v) is 5.00. The van der Waals surface area contributed by atoms with Gasteiger partial charge in [-0.25, -0.2) is 9.78 Å². The maximum Gasteiger partial charge on any atom is 0.341 e. The maximum atomic E-state index is 11.8. The van der Waals surface area contributed by atoms with Gasteiger partial charge in [-0.15, -0.1) is 0 Å². The van der Waals surface area contributed by atoms with Crippen LogP contribution < -0.4 is 5.73 Å². The van der Waals surface area contributed by atoms with Crippen LogP contribution in [0.15, 0.2) is 29.6 Å². The van der Waals surface area contributed by atoms with Gasteiger partial charge in [-0.1, -0.05) is 11.8 Å². The van der Waals surface area contributed by atoms with Crippen molar-refractivity contribution in [1.29, 1.82) is 0 Å². The van der Waals surface area contributed by atoms with E-state index in [1.54, 1.807) is 37.0 Å². The summed E-state index contributed by atoms with van der Waals surface area (Å²) >= 11 is 1.46. The van der Waals surface area contributed by atoms with Crippen LogP contribution in [-0.2, 0) is 17.5 Å². The summed E-state index contributed by atoms with van der Waals surface area (Å²) in [6, 6.07) is 3.58. The van der Waals surface area contributed by atoms with Crippen LogP contribution in [0.3, 0.4) is 0 Å². The highest BCUT2D eigenvalue weighted by atomic mass is 32.2. The van der Waals surface area contributed by atoms with E-state index in [-0.39, 0.29) is 5.97 Å². The number of nitrogens with zero attached hydrogens (tertiary/aromatic N) is 3. The van der Waals surface area contributed by atoms with Gasteiger partial charge in [-0.2, -0.15) is 5.10 Å². The molecule has 6 nitrogen and oxygen atoms in total. The van der Waals surface area contributed by atoms with E-state index in [0.717, 1.165) is 10.7 Å². The third-order valence-electron chi connectivity index (χ3n) is 2.70. The van der Waals surface area contributed by atoms with Gasteiger partial charge in [-0.3, -0.25) is 4.68 Å². The molecular weight excluding hydrogens is 276 g/mol. The topological polar surface area (TPSA) is 83.0 Å². The fourth-order valence-electron chi connectivity index (χ4n) is 1.67. The molecule has 2 heterocycles. The van der Waals surface area contributed by atoms with Gasteiger partial charge in [0.05, 0.1) is 24.2 Å². The minimum Gasteiger partial charge on any atom is -0.462 e. The summed E-state index contributed by atoms with van der Waals surface area (Å²) in [5.74, 6) is 0.191. The molecule has 20 heavy (non-hydrogen) atoms. The average molecular weight is 292 g/mol. The van der Waals surface area contributed by atoms with E-state index in [9.17, 15) is 4.79 Å². The summed E-state index contributed by atoms with van der Waals surface area (Å²) in [7, 11) is 1.79. The van der Waals surface area contributed by atoms with E-state index in [2.05, 4.69) is 10.1 Å². The number of aryl methyl sites for hydroxylation is 1. The zero-order valence-electron chi connectivity index (χ0n) is 11.4. The zero-order valence-corrected chi connectivity index (χ0v) is 12.2. The standard InChI is InChI=1S/C13H16N4O2S/c1-3-19-13(18)9-7-16-17(2)11(9)8-20-12-10(14)5-4-6-15-12/h4-7H,3,8,14H2,1-2H3. The molecule has 0 radical (unpaired) electrons. The van der Waals surface area contributed by atoms with Crippen LogP contribution >= 0.6 is 11.8 Å². The normalized spacial score (nSPS) is 10.5. The molecule has 106 valence electrons. The summed E-state index contributed by atoms with van der Waals surface area (Å²) in [6.45, 7) is 2.12. The van der Waals surface area contributed by atoms with E-state index in [1.165, 1.54) is 18.0 Å². The molecule has 7 heteroatoms. The number of thioether (sulfide) groups is 1. The lowest BCUT2D eigenvalue weighted by atomic mass is 10.3. The van der Waals surface area contributed by atoms with Crippen molar-refractivity contribution in [2.24, 2.45) is 7.05 Å². The first-order valence-corrected chi connectivity index (χ1v) is 7.13. The van der Waals surface area contributed by atoms with Gasteiger partial charge < -0.3 is 10.5 Å². The van der Waals surface area contributed by atoms with E-state index in [1.807, 2.05) is 0 Å². The molecule has 0 spiro atoms. The Hall–Kier alpha value is -2.02. The van der Waals surface area contributed by atoms with Gasteiger partial charge in [0.1, 0.15) is 10.6 Å². The van der Waals surface area contributed by atoms with Crippen LogP contribution in [0, 0.1) is 0 Å². The molecule has 0 bridgehead atoms. The highest BCUT2D eigenvalue weighted by molar-refractivity contribution is 7.98. The van der Waals surface area contributed by atoms with Crippen LogP contribution in [0.25, 0.3) is 0 Å². The van der Waals surface area contributed by atoms with Crippen molar-refractivity contribution in [2.45, 2.75) is 17.7 Å². The Morgan fingerprint density at radius 1 is 1.55 bits per heavy atom. The predicted octanol–water partition coefficient (Wildman–Crippen LogP) is 1.87. The van der Waals surface area contributed by atoms with Crippen LogP contribution in [0.1, 0.15) is 23.0 Å². The first-order chi connectivity index (χ1) is 9.63. The molecule has 2 N–H and O–H groups in total. The second kappa shape index (κ2) is 6.42. The number of esters is 1. The molecule has 2 aromatic heterocycles. The summed E-state index contributed by atoms with van der Waals surface area (Å²) in [5, 5.41) is 4.84. The lowest BCUT2D eigenvalue weighted by Crippen LogP contribution is -2.08. The Morgan fingerprint density at radius 3 is 3.05 bits per heavy atom. The number of carbonyl (C=O) groups excluding carboxylic acids is 1. The number of hydrogen-bond acceptors (Lipinski definition) is 6. The minimum atomic E-state index is -0.356. The minimum absolute atomic E-state index is 0.341. The highest BCUT2D eigenvalue weighted by Gasteiger charge is 2.17. The number of aromatic nitrogens is 3. The lowest BCUT2D eigenvalue weighted by Gasteiger charge is -2.07. The number of rotatable bonds is 5. The molecule has 0 unspecified atom stereocenters. The number of ether oxygens (including phenoxy) is 1. The Labute approximate surface area is 121 Å². The Balaban J connectivity index is 2.15. The monoisotopic (exact) mass is 292 g/mol. The average Bonchev–Trinajstić information content (AvgIpc) is 2.79. The summed E-state index contributed by atoms with van der Waals surface area (Å²) < 4.78 is 6.68. The third kappa shape index (κ3) is 3.11. The van der Waals surface area contributed by atoms with Gasteiger partial charge in [0.25, 0.3) is 0 Å². The molecule has 0 aliphatic carbocycles. The van der Waals surface area contributed by atoms with Crippen LogP contribution in [0.2, 0.25) is 0 Å². The molecule has 0 aliphatic rings. The van der Waals surface area contributed by atoms with Crippen LogP contribution in [-0.4, -0.2) is 27.3 Å². The largest absolute Gasteiger partial charge is 0.462 e. The third-order valence-corrected chi connectivity index (χ3v) is 3.74. The number of anilines is 1. The first-order valence-electron chi connectivity index (χ1n) is 6.14. The van der Waals surface area contributed by atoms with Crippen molar-refractivity contribution in [3.63, 3.8) is 0 Å². The highest BCUT2D eigenvalue weighted by Crippen LogP contribution is 2.26. The molecular formula is C13H16N4O2S. The summed E-state index contributed by atoms with van der Waals surface area (Å²) in [5.41, 5.74) is 7.74. The molecule has 0 aromatic carbocycles. The Bertz CT molecular complexity index is 612. The van der Waals surface area contributed by atoms with Gasteiger partial charge in [0.15, 0.2) is 0 Å². The second-order valence-electron chi connectivity index (χ2n) is 4.04. The van der Waals surface area contributed by atoms with Crippen molar-refractivity contribution < 1.29 is 9.53 Å². The fraction of sp³-hybridized carbons (Fsp3) is 0.308. The van der Waals surface area contributed by atoms with Crippen molar-refractivity contribution in [3.05, 3.63) is 35.8 Å². The van der Waals surface area contributed by atoms with Gasteiger partial charge in [-0.05, 0) is 19.1 Å². The van der Waals surface area contributed by atoms with E-state index in [0.29, 0.717) is 23.6 Å². The van der Waals surface area contributed by atoms with Crippen molar-refractivity contribution in [2.75, 3.05) is 12.3 Å². The van der Waals surface area contributed by atoms with E-state index >= 15 is 0 Å². The number of nitrogens with two attached hydrogens (primary N) is 1. The Morgan fingerprint density at radius 2 is 2.35 bits per heavy atom. The molecule has 0 aliphatic heterocycles. The molecule has 0 atom stereocenters. The smallest absolute Gasteiger partial charge is 0.341 e. The number of hydrogen-bond donors (Lipinski definition) is 1. The lowest BCUT2D eigenvalue weighted by molar-refractivity contribution is 0.0525. The molecule has 0 fully saturated rings. The first kappa shape index (κ1) is 14.4. The fourth-order valence-corrected chi connectivity index (χ4v) is 2.66. The zero-order chi connectivity index (χ0) is 14.5. The van der Waals surface area contributed by atoms with Gasteiger partial charge >= 0.3 is 5.97 Å². The summed E-state index contributed by atoms with van der Waals surface area (Å²) in [4.78, 5) is 16.0. The van der Waals surface area contributed by atoms with Gasteiger partial charge in [0.2, 0.25) is 0 Å². The summed E-state index contributed by atoms with van der Waals surface area (Å²) in [6.07, 6.45) is 3.21. The maximum absolute atomic E-state index is 11.8. The molecule has 2 aromatic rings. The molecule has 2 rings (SSSR count). The van der Waals surface area contributed by atoms with Crippen molar-refractivity contribution >= 4 is 23.4 Å². The number of carbonyl (C=O) groups is 1. The molecule has 0 saturated heterocycles. The molecule has 0 saturated carbocycles.